The van der Waals surface area contributed by atoms with E-state index in [1.807, 2.05) is 30.9 Å². The van der Waals surface area contributed by atoms with E-state index in [0.717, 1.165) is 32.6 Å². The summed E-state index contributed by atoms with van der Waals surface area (Å²) in [6.45, 7) is 11.6. The van der Waals surface area contributed by atoms with Crippen molar-refractivity contribution in [3.8, 4) is 5.75 Å². The lowest BCUT2D eigenvalue weighted by Gasteiger charge is -2.33. The van der Waals surface area contributed by atoms with Gasteiger partial charge >= 0.3 is 0 Å². The van der Waals surface area contributed by atoms with E-state index in [9.17, 15) is 4.79 Å². The highest BCUT2D eigenvalue weighted by molar-refractivity contribution is 7.11. The second-order valence-corrected chi connectivity index (χ2v) is 8.62. The van der Waals surface area contributed by atoms with Crippen molar-refractivity contribution in [1.29, 1.82) is 0 Å². The van der Waals surface area contributed by atoms with Gasteiger partial charge in [-0.3, -0.25) is 4.79 Å². The van der Waals surface area contributed by atoms with E-state index >= 15 is 0 Å². The number of thiazole rings is 1. The number of para-hydroxylation sites is 1. The maximum Gasteiger partial charge on any atom is 0.233 e. The Morgan fingerprint density at radius 3 is 2.71 bits per heavy atom. The van der Waals surface area contributed by atoms with E-state index in [1.54, 1.807) is 11.3 Å². The van der Waals surface area contributed by atoms with Crippen LogP contribution in [0.1, 0.15) is 41.9 Å². The van der Waals surface area contributed by atoms with Crippen LogP contribution in [0, 0.1) is 13.8 Å². The summed E-state index contributed by atoms with van der Waals surface area (Å²) in [4.78, 5) is 20.4. The van der Waals surface area contributed by atoms with Crippen LogP contribution >= 0.6 is 11.3 Å². The first-order valence-corrected chi connectivity index (χ1v) is 9.08. The molecule has 5 heteroatoms. The van der Waals surface area contributed by atoms with Crippen molar-refractivity contribution in [2.24, 2.45) is 0 Å². The molecule has 0 aliphatic carbocycles. The van der Waals surface area contributed by atoms with Crippen molar-refractivity contribution in [3.63, 3.8) is 0 Å². The number of hydrogen-bond acceptors (Lipinski definition) is 4. The largest absolute Gasteiger partial charge is 0.489 e. The van der Waals surface area contributed by atoms with Crippen LogP contribution in [0.3, 0.4) is 0 Å². The molecule has 0 saturated carbocycles. The van der Waals surface area contributed by atoms with Gasteiger partial charge in [-0.15, -0.1) is 11.3 Å². The number of nitrogens with zero attached hydrogens (tertiary/aromatic N) is 2. The zero-order valence-electron chi connectivity index (χ0n) is 15.0. The van der Waals surface area contributed by atoms with E-state index in [4.69, 9.17) is 4.74 Å². The summed E-state index contributed by atoms with van der Waals surface area (Å²) in [5.74, 6) is 0.926. The fraction of sp³-hybridized carbons (Fsp3) is 0.474. The third kappa shape index (κ3) is 3.18. The normalized spacial score (nSPS) is 14.3. The number of amides is 1. The SMILES string of the molecule is Cc1nc(CC(=O)N2CCOc3c2cccc3C(C)(C)C)c(C)s1. The molecule has 1 amide bonds. The first-order chi connectivity index (χ1) is 11.3. The number of aromatic nitrogens is 1. The predicted molar refractivity (Wildman–Crippen MR) is 98.3 cm³/mol. The molecular formula is C19H24N2O2S. The van der Waals surface area contributed by atoms with Crippen LogP contribution in [0.25, 0.3) is 0 Å². The maximum absolute atomic E-state index is 12.9. The molecule has 0 bridgehead atoms. The molecule has 1 aliphatic rings. The Morgan fingerprint density at radius 1 is 1.33 bits per heavy atom. The number of anilines is 1. The van der Waals surface area contributed by atoms with Crippen LogP contribution in [-0.4, -0.2) is 24.0 Å². The smallest absolute Gasteiger partial charge is 0.233 e. The summed E-state index contributed by atoms with van der Waals surface area (Å²) in [6.07, 6.45) is 0.343. The molecular weight excluding hydrogens is 320 g/mol. The highest BCUT2D eigenvalue weighted by atomic mass is 32.1. The molecule has 2 aromatic rings. The Hall–Kier alpha value is -1.88. The average molecular weight is 344 g/mol. The third-order valence-corrected chi connectivity index (χ3v) is 5.20. The predicted octanol–water partition coefficient (Wildman–Crippen LogP) is 4.03. The highest BCUT2D eigenvalue weighted by Crippen LogP contribution is 2.40. The molecule has 0 atom stereocenters. The quantitative estimate of drug-likeness (QED) is 0.826. The number of carbonyl (C=O) groups excluding carboxylic acids is 1. The van der Waals surface area contributed by atoms with Crippen molar-refractivity contribution >= 4 is 22.9 Å². The first-order valence-electron chi connectivity index (χ1n) is 8.27. The lowest BCUT2D eigenvalue weighted by atomic mass is 9.85. The number of carbonyl (C=O) groups is 1. The van der Waals surface area contributed by atoms with Crippen LogP contribution in [-0.2, 0) is 16.6 Å². The Bertz CT molecular complexity index is 774. The molecule has 128 valence electrons. The highest BCUT2D eigenvalue weighted by Gasteiger charge is 2.29. The lowest BCUT2D eigenvalue weighted by Crippen LogP contribution is -2.39. The van der Waals surface area contributed by atoms with Crippen LogP contribution in [0.4, 0.5) is 5.69 Å². The van der Waals surface area contributed by atoms with Gasteiger partial charge in [0.1, 0.15) is 12.4 Å². The zero-order valence-corrected chi connectivity index (χ0v) is 15.8. The number of aryl methyl sites for hydroxylation is 2. The fourth-order valence-electron chi connectivity index (χ4n) is 3.07. The fourth-order valence-corrected chi connectivity index (χ4v) is 3.91. The van der Waals surface area contributed by atoms with Gasteiger partial charge in [0.15, 0.2) is 0 Å². The second-order valence-electron chi connectivity index (χ2n) is 7.21. The van der Waals surface area contributed by atoms with Crippen molar-refractivity contribution < 1.29 is 9.53 Å². The number of hydrogen-bond donors (Lipinski definition) is 0. The van der Waals surface area contributed by atoms with Crippen molar-refractivity contribution in [2.45, 2.75) is 46.5 Å². The molecule has 0 saturated heterocycles. The molecule has 0 unspecified atom stereocenters. The van der Waals surface area contributed by atoms with Crippen LogP contribution in [0.5, 0.6) is 5.75 Å². The number of rotatable bonds is 2. The Labute approximate surface area is 147 Å². The standard InChI is InChI=1S/C19H24N2O2S/c1-12-15(20-13(2)24-12)11-17(22)21-9-10-23-18-14(19(3,4)5)7-6-8-16(18)21/h6-8H,9-11H2,1-5H3. The monoisotopic (exact) mass is 344 g/mol. The molecule has 3 rings (SSSR count). The topological polar surface area (TPSA) is 42.4 Å². The number of benzene rings is 1. The van der Waals surface area contributed by atoms with Crippen molar-refractivity contribution in [3.05, 3.63) is 39.3 Å². The van der Waals surface area contributed by atoms with Gasteiger partial charge in [-0.25, -0.2) is 4.98 Å². The Morgan fingerprint density at radius 2 is 2.08 bits per heavy atom. The maximum atomic E-state index is 12.9. The van der Waals surface area contributed by atoms with E-state index in [2.05, 4.69) is 31.8 Å². The van der Waals surface area contributed by atoms with E-state index in [0.29, 0.717) is 19.6 Å². The van der Waals surface area contributed by atoms with Crippen LogP contribution < -0.4 is 9.64 Å². The number of ether oxygens (including phenoxy) is 1. The van der Waals surface area contributed by atoms with Gasteiger partial charge in [-0.05, 0) is 25.3 Å². The first kappa shape index (κ1) is 17.0. The minimum Gasteiger partial charge on any atom is -0.489 e. The van der Waals surface area contributed by atoms with E-state index in [-0.39, 0.29) is 11.3 Å². The van der Waals surface area contributed by atoms with E-state index < -0.39 is 0 Å². The van der Waals surface area contributed by atoms with Crippen molar-refractivity contribution in [2.75, 3.05) is 18.1 Å². The summed E-state index contributed by atoms with van der Waals surface area (Å²) in [7, 11) is 0. The van der Waals surface area contributed by atoms with Crippen LogP contribution in [0.15, 0.2) is 18.2 Å². The molecule has 4 nitrogen and oxygen atoms in total. The summed E-state index contributed by atoms with van der Waals surface area (Å²) < 4.78 is 5.93. The minimum absolute atomic E-state index is 0.0278. The van der Waals surface area contributed by atoms with E-state index in [1.165, 1.54) is 0 Å². The summed E-state index contributed by atoms with van der Waals surface area (Å²) >= 11 is 1.64. The van der Waals surface area contributed by atoms with Gasteiger partial charge in [-0.1, -0.05) is 32.9 Å². The number of fused-ring (bicyclic) bond motifs is 1. The van der Waals surface area contributed by atoms with Gasteiger partial charge in [0.05, 0.1) is 29.4 Å². The lowest BCUT2D eigenvalue weighted by molar-refractivity contribution is -0.118. The van der Waals surface area contributed by atoms with Gasteiger partial charge < -0.3 is 9.64 Å². The Balaban J connectivity index is 1.92. The molecule has 0 N–H and O–H groups in total. The summed E-state index contributed by atoms with van der Waals surface area (Å²) in [5, 5.41) is 1.01. The summed E-state index contributed by atoms with van der Waals surface area (Å²) in [6, 6.07) is 6.06. The summed E-state index contributed by atoms with van der Waals surface area (Å²) in [5.41, 5.74) is 2.88. The van der Waals surface area contributed by atoms with Gasteiger partial charge in [0.2, 0.25) is 5.91 Å². The third-order valence-electron chi connectivity index (χ3n) is 4.27. The molecule has 2 heterocycles. The molecule has 0 fully saturated rings. The molecule has 1 aliphatic heterocycles. The van der Waals surface area contributed by atoms with Gasteiger partial charge in [0.25, 0.3) is 0 Å². The Kier molecular flexibility index (Phi) is 4.38. The average Bonchev–Trinajstić information content (AvgIpc) is 2.82. The zero-order chi connectivity index (χ0) is 17.5. The molecule has 1 aromatic carbocycles. The second kappa shape index (κ2) is 6.20. The van der Waals surface area contributed by atoms with Crippen LogP contribution in [0.2, 0.25) is 0 Å². The van der Waals surface area contributed by atoms with Gasteiger partial charge in [0, 0.05) is 10.4 Å². The molecule has 1 aromatic heterocycles. The molecule has 0 radical (unpaired) electrons. The van der Waals surface area contributed by atoms with Crippen molar-refractivity contribution in [1.82, 2.24) is 4.98 Å². The minimum atomic E-state index is -0.0278. The molecule has 24 heavy (non-hydrogen) atoms. The van der Waals surface area contributed by atoms with Gasteiger partial charge in [-0.2, -0.15) is 0 Å². The molecule has 0 spiro atoms.